The smallest absolute Gasteiger partial charge is 0.339 e. The fourth-order valence-electron chi connectivity index (χ4n) is 2.81. The lowest BCUT2D eigenvalue weighted by Gasteiger charge is -2.15. The Morgan fingerprint density at radius 3 is 2.67 bits per heavy atom. The highest BCUT2D eigenvalue weighted by molar-refractivity contribution is 7.17. The normalized spacial score (nSPS) is 11.8. The van der Waals surface area contributed by atoms with Gasteiger partial charge < -0.3 is 14.8 Å². The fraction of sp³-hybridized carbons (Fsp3) is 0.333. The van der Waals surface area contributed by atoms with E-state index in [0.717, 1.165) is 12.8 Å². The van der Waals surface area contributed by atoms with Gasteiger partial charge in [0.05, 0.1) is 31.0 Å². The Bertz CT molecular complexity index is 1100. The summed E-state index contributed by atoms with van der Waals surface area (Å²) in [7, 11) is 1.56. The van der Waals surface area contributed by atoms with Crippen molar-refractivity contribution in [3.8, 4) is 5.75 Å². The third-order valence-corrected chi connectivity index (χ3v) is 5.51. The Labute approximate surface area is 177 Å². The number of methoxy groups -OCH3 is 1. The molecule has 0 radical (unpaired) electrons. The molecule has 0 saturated carbocycles. The molecule has 0 aliphatic heterocycles. The zero-order valence-corrected chi connectivity index (χ0v) is 17.8. The molecule has 1 amide bonds. The van der Waals surface area contributed by atoms with Crippen LogP contribution in [-0.4, -0.2) is 35.1 Å². The molecule has 0 spiro atoms. The zero-order valence-electron chi connectivity index (χ0n) is 17.0. The average molecular weight is 429 g/mol. The summed E-state index contributed by atoms with van der Waals surface area (Å²) in [6.07, 6.45) is 2.97. The molecule has 2 heterocycles. The van der Waals surface area contributed by atoms with Crippen LogP contribution in [-0.2, 0) is 9.53 Å². The lowest BCUT2D eigenvalue weighted by molar-refractivity contribution is -0.118. The van der Waals surface area contributed by atoms with Crippen LogP contribution in [0.1, 0.15) is 43.1 Å². The van der Waals surface area contributed by atoms with E-state index >= 15 is 0 Å². The Kier molecular flexibility index (Phi) is 6.83. The average Bonchev–Trinajstić information content (AvgIpc) is 3.19. The molecule has 0 bridgehead atoms. The summed E-state index contributed by atoms with van der Waals surface area (Å²) in [6.45, 7) is 3.88. The molecule has 0 aliphatic carbocycles. The molecule has 2 aromatic heterocycles. The maximum absolute atomic E-state index is 13.1. The Balaban J connectivity index is 1.84. The number of thiophene rings is 1. The summed E-state index contributed by atoms with van der Waals surface area (Å²) >= 11 is 1.19. The lowest BCUT2D eigenvalue weighted by atomic mass is 10.2. The van der Waals surface area contributed by atoms with Crippen molar-refractivity contribution in [2.24, 2.45) is 0 Å². The van der Waals surface area contributed by atoms with Gasteiger partial charge in [-0.05, 0) is 37.6 Å². The first-order chi connectivity index (χ1) is 14.5. The van der Waals surface area contributed by atoms with Crippen LogP contribution in [0.5, 0.6) is 5.75 Å². The summed E-state index contributed by atoms with van der Waals surface area (Å²) in [6, 6.07) is 6.03. The molecule has 1 atom stereocenters. The number of carbonyl (C=O) groups is 2. The van der Waals surface area contributed by atoms with E-state index in [2.05, 4.69) is 10.3 Å². The number of aromatic nitrogens is 2. The predicted octanol–water partition coefficient (Wildman–Crippen LogP) is 3.62. The summed E-state index contributed by atoms with van der Waals surface area (Å²) in [4.78, 5) is 42.8. The number of nitrogens with one attached hydrogen (secondary N) is 1. The first kappa shape index (κ1) is 21.5. The number of fused-ring (bicyclic) bond motifs is 1. The maximum Gasteiger partial charge on any atom is 0.339 e. The number of esters is 1. The van der Waals surface area contributed by atoms with Crippen molar-refractivity contribution in [3.63, 3.8) is 0 Å². The number of hydrogen-bond donors (Lipinski definition) is 1. The molecule has 0 aliphatic rings. The number of benzene rings is 1. The van der Waals surface area contributed by atoms with Crippen LogP contribution >= 0.6 is 11.3 Å². The maximum atomic E-state index is 13.1. The van der Waals surface area contributed by atoms with Crippen molar-refractivity contribution in [2.75, 3.05) is 19.0 Å². The Morgan fingerprint density at radius 1 is 1.27 bits per heavy atom. The van der Waals surface area contributed by atoms with E-state index in [1.54, 1.807) is 43.7 Å². The largest absolute Gasteiger partial charge is 0.497 e. The second kappa shape index (κ2) is 9.53. The highest BCUT2D eigenvalue weighted by atomic mass is 32.1. The second-order valence-electron chi connectivity index (χ2n) is 6.67. The van der Waals surface area contributed by atoms with Gasteiger partial charge in [0, 0.05) is 11.1 Å². The van der Waals surface area contributed by atoms with Gasteiger partial charge in [-0.2, -0.15) is 0 Å². The summed E-state index contributed by atoms with van der Waals surface area (Å²) < 4.78 is 11.6. The zero-order chi connectivity index (χ0) is 21.7. The van der Waals surface area contributed by atoms with E-state index in [1.165, 1.54) is 22.2 Å². The molecule has 9 heteroatoms. The topological polar surface area (TPSA) is 99.5 Å². The molecule has 3 aromatic rings. The number of hydrogen-bond acceptors (Lipinski definition) is 7. The molecule has 30 heavy (non-hydrogen) atoms. The minimum absolute atomic E-state index is 0.174. The molecule has 1 N–H and O–H groups in total. The van der Waals surface area contributed by atoms with E-state index in [0.29, 0.717) is 22.9 Å². The van der Waals surface area contributed by atoms with Gasteiger partial charge in [-0.15, -0.1) is 11.3 Å². The second-order valence-corrected chi connectivity index (χ2v) is 7.53. The number of nitrogens with zero attached hydrogens (tertiary/aromatic N) is 2. The molecule has 8 nitrogen and oxygen atoms in total. The molecule has 3 rings (SSSR count). The molecule has 1 unspecified atom stereocenters. The fourth-order valence-corrected chi connectivity index (χ4v) is 3.67. The SMILES string of the molecule is CCCCOC(=O)c1csc2ncn(C(C)C(=O)Nc3ccc(OC)cc3)c(=O)c12. The summed E-state index contributed by atoms with van der Waals surface area (Å²) in [5.41, 5.74) is 0.298. The van der Waals surface area contributed by atoms with Gasteiger partial charge in [-0.3, -0.25) is 14.2 Å². The molecular formula is C21H23N3O5S. The number of unbranched alkanes of at least 4 members (excludes halogenated alkanes) is 1. The van der Waals surface area contributed by atoms with Gasteiger partial charge in [-0.25, -0.2) is 9.78 Å². The lowest BCUT2D eigenvalue weighted by Crippen LogP contribution is -2.32. The summed E-state index contributed by atoms with van der Waals surface area (Å²) in [5, 5.41) is 4.50. The Morgan fingerprint density at radius 2 is 2.00 bits per heavy atom. The minimum atomic E-state index is -0.833. The first-order valence-corrected chi connectivity index (χ1v) is 10.4. The highest BCUT2D eigenvalue weighted by Gasteiger charge is 2.22. The number of anilines is 1. The molecule has 1 aromatic carbocycles. The number of rotatable bonds is 8. The summed E-state index contributed by atoms with van der Waals surface area (Å²) in [5.74, 6) is -0.268. The van der Waals surface area contributed by atoms with E-state index in [4.69, 9.17) is 9.47 Å². The molecular weight excluding hydrogens is 406 g/mol. The minimum Gasteiger partial charge on any atom is -0.497 e. The number of ether oxygens (including phenoxy) is 2. The van der Waals surface area contributed by atoms with Crippen LogP contribution in [0, 0.1) is 0 Å². The third-order valence-electron chi connectivity index (χ3n) is 4.62. The monoisotopic (exact) mass is 429 g/mol. The number of carbonyl (C=O) groups excluding carboxylic acids is 2. The quantitative estimate of drug-likeness (QED) is 0.434. The van der Waals surface area contributed by atoms with Gasteiger partial charge in [0.15, 0.2) is 0 Å². The van der Waals surface area contributed by atoms with Crippen molar-refractivity contribution in [1.29, 1.82) is 0 Å². The van der Waals surface area contributed by atoms with Crippen LogP contribution in [0.15, 0.2) is 40.8 Å². The van der Waals surface area contributed by atoms with Gasteiger partial charge in [0.1, 0.15) is 16.6 Å². The van der Waals surface area contributed by atoms with Gasteiger partial charge in [0.25, 0.3) is 5.56 Å². The van der Waals surface area contributed by atoms with Gasteiger partial charge >= 0.3 is 5.97 Å². The van der Waals surface area contributed by atoms with Gasteiger partial charge in [0.2, 0.25) is 5.91 Å². The van der Waals surface area contributed by atoms with Crippen molar-refractivity contribution >= 4 is 39.1 Å². The van der Waals surface area contributed by atoms with Crippen LogP contribution in [0.4, 0.5) is 5.69 Å². The third kappa shape index (κ3) is 4.51. The highest BCUT2D eigenvalue weighted by Crippen LogP contribution is 2.23. The van der Waals surface area contributed by atoms with Gasteiger partial charge in [-0.1, -0.05) is 13.3 Å². The molecule has 0 saturated heterocycles. The van der Waals surface area contributed by atoms with E-state index < -0.39 is 17.6 Å². The van der Waals surface area contributed by atoms with Crippen LogP contribution < -0.4 is 15.6 Å². The van der Waals surface area contributed by atoms with Crippen molar-refractivity contribution in [2.45, 2.75) is 32.7 Å². The first-order valence-electron chi connectivity index (χ1n) is 9.56. The van der Waals surface area contributed by atoms with Crippen LogP contribution in [0.2, 0.25) is 0 Å². The molecule has 0 fully saturated rings. The van der Waals surface area contributed by atoms with Crippen molar-refractivity contribution < 1.29 is 19.1 Å². The van der Waals surface area contributed by atoms with E-state index in [9.17, 15) is 14.4 Å². The van der Waals surface area contributed by atoms with Crippen LogP contribution in [0.25, 0.3) is 10.2 Å². The molecule has 158 valence electrons. The van der Waals surface area contributed by atoms with E-state index in [-0.39, 0.29) is 16.9 Å². The van der Waals surface area contributed by atoms with Crippen molar-refractivity contribution in [1.82, 2.24) is 9.55 Å². The van der Waals surface area contributed by atoms with Crippen molar-refractivity contribution in [3.05, 3.63) is 51.9 Å². The van der Waals surface area contributed by atoms with Crippen LogP contribution in [0.3, 0.4) is 0 Å². The van der Waals surface area contributed by atoms with E-state index in [1.807, 2.05) is 6.92 Å². The Hall–Kier alpha value is -3.20. The number of amides is 1. The standard InChI is InChI=1S/C21H23N3O5S/c1-4-5-10-29-21(27)16-11-30-19-17(16)20(26)24(12-22-19)13(2)18(25)23-14-6-8-15(28-3)9-7-14/h6-9,11-13H,4-5,10H2,1-3H3,(H,23,25). The predicted molar refractivity (Wildman–Crippen MR) is 115 cm³/mol.